The van der Waals surface area contributed by atoms with Crippen molar-refractivity contribution < 1.29 is 9.21 Å². The average Bonchev–Trinajstić information content (AvgIpc) is 3.11. The van der Waals surface area contributed by atoms with Crippen LogP contribution in [0, 0.1) is 12.8 Å². The molecule has 2 heterocycles. The molecule has 1 fully saturated rings. The van der Waals surface area contributed by atoms with E-state index in [1.807, 2.05) is 31.2 Å². The summed E-state index contributed by atoms with van der Waals surface area (Å²) in [5.41, 5.74) is 1.76. The number of carbonyl (C=O) groups excluding carboxylic acids is 1. The fourth-order valence-corrected chi connectivity index (χ4v) is 2.58. The minimum atomic E-state index is 0.0759. The average molecular weight is 285 g/mol. The monoisotopic (exact) mass is 285 g/mol. The topological polar surface area (TPSA) is 67.2 Å². The van der Waals surface area contributed by atoms with Crippen LogP contribution in [0.3, 0.4) is 0 Å². The fraction of sp³-hybridized carbons (Fsp3) is 0.375. The molecule has 1 atom stereocenters. The van der Waals surface area contributed by atoms with Crippen molar-refractivity contribution in [1.29, 1.82) is 0 Å². The molecule has 0 saturated carbocycles. The van der Waals surface area contributed by atoms with Crippen molar-refractivity contribution in [3.8, 4) is 11.3 Å². The number of hydrogen-bond donors (Lipinski definition) is 2. The Labute approximate surface area is 123 Å². The van der Waals surface area contributed by atoms with E-state index in [9.17, 15) is 4.79 Å². The van der Waals surface area contributed by atoms with Crippen LogP contribution in [0.1, 0.15) is 18.7 Å². The van der Waals surface area contributed by atoms with Gasteiger partial charge < -0.3 is 15.1 Å². The standard InChI is InChI=1S/C16H19N3O2/c1-11-18-10-15(21-11)13-2-4-14(5-3-13)19-16(20)8-12-6-7-17-9-12/h2-5,10,12,17H,6-9H2,1H3,(H,19,20). The Kier molecular flexibility index (Phi) is 4.01. The molecule has 1 amide bonds. The SMILES string of the molecule is Cc1ncc(-c2ccc(NC(=O)CC3CCNC3)cc2)o1. The molecule has 21 heavy (non-hydrogen) atoms. The maximum Gasteiger partial charge on any atom is 0.224 e. The van der Waals surface area contributed by atoms with E-state index in [4.69, 9.17) is 4.42 Å². The molecule has 5 nitrogen and oxygen atoms in total. The molecule has 1 saturated heterocycles. The van der Waals surface area contributed by atoms with Crippen molar-refractivity contribution in [3.05, 3.63) is 36.4 Å². The van der Waals surface area contributed by atoms with Gasteiger partial charge in [0, 0.05) is 24.6 Å². The highest BCUT2D eigenvalue weighted by atomic mass is 16.4. The molecule has 2 N–H and O–H groups in total. The summed E-state index contributed by atoms with van der Waals surface area (Å²) in [5, 5.41) is 6.21. The van der Waals surface area contributed by atoms with E-state index >= 15 is 0 Å². The highest BCUT2D eigenvalue weighted by Gasteiger charge is 2.18. The molecule has 5 heteroatoms. The number of rotatable bonds is 4. The third-order valence-corrected chi connectivity index (χ3v) is 3.71. The molecule has 0 bridgehead atoms. The summed E-state index contributed by atoms with van der Waals surface area (Å²) in [6.07, 6.45) is 3.36. The van der Waals surface area contributed by atoms with Gasteiger partial charge in [0.05, 0.1) is 6.20 Å². The van der Waals surface area contributed by atoms with E-state index in [0.717, 1.165) is 36.5 Å². The molecule has 1 aromatic heterocycles. The van der Waals surface area contributed by atoms with Crippen molar-refractivity contribution >= 4 is 11.6 Å². The number of aryl methyl sites for hydroxylation is 1. The van der Waals surface area contributed by atoms with Crippen LogP contribution in [-0.2, 0) is 4.79 Å². The first-order valence-corrected chi connectivity index (χ1v) is 7.24. The van der Waals surface area contributed by atoms with Crippen molar-refractivity contribution in [2.24, 2.45) is 5.92 Å². The summed E-state index contributed by atoms with van der Waals surface area (Å²) in [6, 6.07) is 7.62. The van der Waals surface area contributed by atoms with E-state index in [0.29, 0.717) is 18.2 Å². The molecule has 1 unspecified atom stereocenters. The summed E-state index contributed by atoms with van der Waals surface area (Å²) >= 11 is 0. The Balaban J connectivity index is 1.60. The van der Waals surface area contributed by atoms with Gasteiger partial charge in [0.2, 0.25) is 5.91 Å². The van der Waals surface area contributed by atoms with Gasteiger partial charge in [-0.15, -0.1) is 0 Å². The number of hydrogen-bond acceptors (Lipinski definition) is 4. The predicted molar refractivity (Wildman–Crippen MR) is 80.9 cm³/mol. The third-order valence-electron chi connectivity index (χ3n) is 3.71. The lowest BCUT2D eigenvalue weighted by molar-refractivity contribution is -0.116. The second kappa shape index (κ2) is 6.10. The lowest BCUT2D eigenvalue weighted by atomic mass is 10.0. The quantitative estimate of drug-likeness (QED) is 0.906. The minimum Gasteiger partial charge on any atom is -0.441 e. The van der Waals surface area contributed by atoms with Crippen molar-refractivity contribution in [2.75, 3.05) is 18.4 Å². The van der Waals surface area contributed by atoms with E-state index in [2.05, 4.69) is 15.6 Å². The van der Waals surface area contributed by atoms with Crippen molar-refractivity contribution in [1.82, 2.24) is 10.3 Å². The molecule has 0 aliphatic carbocycles. The minimum absolute atomic E-state index is 0.0759. The van der Waals surface area contributed by atoms with E-state index in [1.165, 1.54) is 0 Å². The van der Waals surface area contributed by atoms with Gasteiger partial charge >= 0.3 is 0 Å². The summed E-state index contributed by atoms with van der Waals surface area (Å²) in [6.45, 7) is 3.77. The Morgan fingerprint density at radius 1 is 1.43 bits per heavy atom. The molecule has 0 radical (unpaired) electrons. The van der Waals surface area contributed by atoms with Gasteiger partial charge in [-0.2, -0.15) is 0 Å². The van der Waals surface area contributed by atoms with Gasteiger partial charge in [-0.25, -0.2) is 4.98 Å². The molecule has 110 valence electrons. The van der Waals surface area contributed by atoms with Gasteiger partial charge in [-0.1, -0.05) is 0 Å². The summed E-state index contributed by atoms with van der Waals surface area (Å²) in [4.78, 5) is 16.0. The number of carbonyl (C=O) groups is 1. The summed E-state index contributed by atoms with van der Waals surface area (Å²) in [5.74, 6) is 1.92. The van der Waals surface area contributed by atoms with Crippen LogP contribution in [0.15, 0.2) is 34.9 Å². The fourth-order valence-electron chi connectivity index (χ4n) is 2.58. The highest BCUT2D eigenvalue weighted by molar-refractivity contribution is 5.91. The maximum atomic E-state index is 12.0. The van der Waals surface area contributed by atoms with Gasteiger partial charge in [-0.05, 0) is 49.7 Å². The zero-order valence-corrected chi connectivity index (χ0v) is 12.1. The Morgan fingerprint density at radius 2 is 2.24 bits per heavy atom. The summed E-state index contributed by atoms with van der Waals surface area (Å²) < 4.78 is 5.47. The maximum absolute atomic E-state index is 12.0. The van der Waals surface area contributed by atoms with Crippen LogP contribution < -0.4 is 10.6 Å². The van der Waals surface area contributed by atoms with Crippen LogP contribution in [-0.4, -0.2) is 24.0 Å². The van der Waals surface area contributed by atoms with Crippen LogP contribution in [0.2, 0.25) is 0 Å². The number of nitrogens with one attached hydrogen (secondary N) is 2. The Hall–Kier alpha value is -2.14. The zero-order valence-electron chi connectivity index (χ0n) is 12.1. The molecule has 2 aromatic rings. The lowest BCUT2D eigenvalue weighted by Crippen LogP contribution is -2.18. The van der Waals surface area contributed by atoms with Gasteiger partial charge in [0.1, 0.15) is 0 Å². The first kappa shape index (κ1) is 13.8. The van der Waals surface area contributed by atoms with Crippen LogP contribution >= 0.6 is 0 Å². The third kappa shape index (κ3) is 3.49. The Bertz CT molecular complexity index is 613. The smallest absolute Gasteiger partial charge is 0.224 e. The lowest BCUT2D eigenvalue weighted by Gasteiger charge is -2.09. The number of nitrogens with zero attached hydrogens (tertiary/aromatic N) is 1. The second-order valence-electron chi connectivity index (χ2n) is 5.43. The van der Waals surface area contributed by atoms with Gasteiger partial charge in [0.25, 0.3) is 0 Å². The van der Waals surface area contributed by atoms with E-state index in [1.54, 1.807) is 6.20 Å². The van der Waals surface area contributed by atoms with E-state index in [-0.39, 0.29) is 5.91 Å². The first-order valence-electron chi connectivity index (χ1n) is 7.24. The second-order valence-corrected chi connectivity index (χ2v) is 5.43. The number of amides is 1. The molecule has 3 rings (SSSR count). The number of benzene rings is 1. The molecular formula is C16H19N3O2. The number of aromatic nitrogens is 1. The highest BCUT2D eigenvalue weighted by Crippen LogP contribution is 2.22. The molecule has 1 aromatic carbocycles. The Morgan fingerprint density at radius 3 is 2.86 bits per heavy atom. The normalized spacial score (nSPS) is 17.9. The van der Waals surface area contributed by atoms with E-state index < -0.39 is 0 Å². The van der Waals surface area contributed by atoms with Crippen molar-refractivity contribution in [2.45, 2.75) is 19.8 Å². The molecule has 1 aliphatic rings. The summed E-state index contributed by atoms with van der Waals surface area (Å²) in [7, 11) is 0. The molecular weight excluding hydrogens is 266 g/mol. The van der Waals surface area contributed by atoms with Gasteiger partial charge in [0.15, 0.2) is 11.7 Å². The first-order chi connectivity index (χ1) is 10.2. The largest absolute Gasteiger partial charge is 0.441 e. The van der Waals surface area contributed by atoms with Crippen LogP contribution in [0.5, 0.6) is 0 Å². The zero-order chi connectivity index (χ0) is 14.7. The van der Waals surface area contributed by atoms with Crippen LogP contribution in [0.25, 0.3) is 11.3 Å². The molecule has 0 spiro atoms. The predicted octanol–water partition coefficient (Wildman–Crippen LogP) is 2.59. The van der Waals surface area contributed by atoms with Crippen LogP contribution in [0.4, 0.5) is 5.69 Å². The number of anilines is 1. The van der Waals surface area contributed by atoms with Crippen molar-refractivity contribution in [3.63, 3.8) is 0 Å². The molecule has 1 aliphatic heterocycles. The number of oxazole rings is 1. The van der Waals surface area contributed by atoms with Gasteiger partial charge in [-0.3, -0.25) is 4.79 Å².